The smallest absolute Gasteiger partial charge is 0.125 e. The van der Waals surface area contributed by atoms with E-state index in [9.17, 15) is 4.79 Å². The lowest BCUT2D eigenvalue weighted by Crippen LogP contribution is -1.76. The number of rotatable bonds is 3. The van der Waals surface area contributed by atoms with Crippen LogP contribution in [0, 0.1) is 0 Å². The Morgan fingerprint density at radius 1 is 1.73 bits per heavy atom. The molecule has 0 unspecified atom stereocenters. The van der Waals surface area contributed by atoms with Crippen LogP contribution in [-0.2, 0) is 17.6 Å². The first-order valence-corrected chi connectivity index (χ1v) is 5.09. The Hall–Kier alpha value is -0.150. The highest BCUT2D eigenvalue weighted by Crippen LogP contribution is 2.27. The molecule has 0 radical (unpaired) electrons. The Morgan fingerprint density at radius 2 is 2.45 bits per heavy atom. The molecule has 1 nitrogen and oxygen atoms in total. The van der Waals surface area contributed by atoms with Crippen LogP contribution in [0.25, 0.3) is 0 Å². The van der Waals surface area contributed by atoms with Crippen LogP contribution >= 0.6 is 27.3 Å². The molecule has 0 saturated carbocycles. The summed E-state index contributed by atoms with van der Waals surface area (Å²) in [5, 5.41) is 0. The van der Waals surface area contributed by atoms with Gasteiger partial charge in [-0.05, 0) is 28.4 Å². The summed E-state index contributed by atoms with van der Waals surface area (Å²) >= 11 is 5.15. The number of carbonyl (C=O) groups excluding carboxylic acids is 1. The first-order valence-electron chi connectivity index (χ1n) is 3.48. The Kier molecular flexibility index (Phi) is 3.27. The molecule has 60 valence electrons. The topological polar surface area (TPSA) is 17.1 Å². The zero-order chi connectivity index (χ0) is 8.27. The molecule has 0 amide bonds. The van der Waals surface area contributed by atoms with Crippen LogP contribution < -0.4 is 0 Å². The zero-order valence-corrected chi connectivity index (χ0v) is 8.67. The molecule has 3 heteroatoms. The molecule has 0 fully saturated rings. The van der Waals surface area contributed by atoms with E-state index >= 15 is 0 Å². The molecule has 0 N–H and O–H groups in total. The van der Waals surface area contributed by atoms with Crippen molar-refractivity contribution in [3.63, 3.8) is 0 Å². The Balaban J connectivity index is 2.85. The Morgan fingerprint density at radius 3 is 2.91 bits per heavy atom. The van der Waals surface area contributed by atoms with Crippen LogP contribution in [0.4, 0.5) is 0 Å². The van der Waals surface area contributed by atoms with Crippen LogP contribution in [-0.4, -0.2) is 6.29 Å². The lowest BCUT2D eigenvalue weighted by atomic mass is 10.3. The van der Waals surface area contributed by atoms with E-state index in [1.165, 1.54) is 4.88 Å². The van der Waals surface area contributed by atoms with Crippen molar-refractivity contribution in [3.05, 3.63) is 20.3 Å². The molecule has 0 saturated heterocycles. The fourth-order valence-electron chi connectivity index (χ4n) is 0.882. The average molecular weight is 233 g/mol. The van der Waals surface area contributed by atoms with E-state index in [1.54, 1.807) is 11.3 Å². The van der Waals surface area contributed by atoms with Crippen LogP contribution in [0.5, 0.6) is 0 Å². The maximum atomic E-state index is 10.2. The van der Waals surface area contributed by atoms with Gasteiger partial charge in [0.2, 0.25) is 0 Å². The first kappa shape index (κ1) is 8.94. The molecule has 1 heterocycles. The lowest BCUT2D eigenvalue weighted by Gasteiger charge is -1.86. The van der Waals surface area contributed by atoms with E-state index in [4.69, 9.17) is 0 Å². The van der Waals surface area contributed by atoms with Crippen molar-refractivity contribution in [1.82, 2.24) is 0 Å². The molecule has 0 spiro atoms. The van der Waals surface area contributed by atoms with Crippen molar-refractivity contribution in [1.29, 1.82) is 0 Å². The predicted molar refractivity (Wildman–Crippen MR) is 51.2 cm³/mol. The van der Waals surface area contributed by atoms with Gasteiger partial charge in [0.25, 0.3) is 0 Å². The second-order valence-corrected chi connectivity index (χ2v) is 4.28. The minimum atomic E-state index is 0.545. The third-order valence-electron chi connectivity index (χ3n) is 1.41. The van der Waals surface area contributed by atoms with E-state index in [1.807, 2.05) is 6.07 Å². The quantitative estimate of drug-likeness (QED) is 0.733. The summed E-state index contributed by atoms with van der Waals surface area (Å²) in [7, 11) is 0. The Labute approximate surface area is 78.6 Å². The Bertz CT molecular complexity index is 255. The summed E-state index contributed by atoms with van der Waals surface area (Å²) < 4.78 is 1.14. The van der Waals surface area contributed by atoms with Gasteiger partial charge in [0.1, 0.15) is 6.29 Å². The number of thiophene rings is 1. The highest BCUT2D eigenvalue weighted by atomic mass is 79.9. The molecule has 0 bridgehead atoms. The van der Waals surface area contributed by atoms with E-state index in [0.717, 1.165) is 22.1 Å². The fourth-order valence-corrected chi connectivity index (χ4v) is 2.78. The summed E-state index contributed by atoms with van der Waals surface area (Å²) in [5.41, 5.74) is 0. The maximum absolute atomic E-state index is 10.2. The predicted octanol–water partition coefficient (Wildman–Crippen LogP) is 2.81. The second kappa shape index (κ2) is 4.02. The summed E-state index contributed by atoms with van der Waals surface area (Å²) in [6, 6.07) is 2.03. The second-order valence-electron chi connectivity index (χ2n) is 2.21. The fraction of sp³-hybridized carbons (Fsp3) is 0.375. The highest BCUT2D eigenvalue weighted by molar-refractivity contribution is 9.10. The summed E-state index contributed by atoms with van der Waals surface area (Å²) in [6.45, 7) is 2.11. The monoisotopic (exact) mass is 232 g/mol. The van der Waals surface area contributed by atoms with Crippen molar-refractivity contribution in [2.45, 2.75) is 19.8 Å². The van der Waals surface area contributed by atoms with Crippen molar-refractivity contribution < 1.29 is 4.79 Å². The van der Waals surface area contributed by atoms with Gasteiger partial charge in [0.15, 0.2) is 0 Å². The normalized spacial score (nSPS) is 10.0. The molecule has 0 aliphatic carbocycles. The van der Waals surface area contributed by atoms with Gasteiger partial charge in [-0.15, -0.1) is 11.3 Å². The van der Waals surface area contributed by atoms with Crippen LogP contribution in [0.2, 0.25) is 0 Å². The molecule has 0 atom stereocenters. The van der Waals surface area contributed by atoms with Gasteiger partial charge in [0.05, 0.1) is 0 Å². The summed E-state index contributed by atoms with van der Waals surface area (Å²) in [5.74, 6) is 0. The van der Waals surface area contributed by atoms with Crippen LogP contribution in [0.1, 0.15) is 16.7 Å². The zero-order valence-electron chi connectivity index (χ0n) is 6.26. The number of halogens is 1. The van der Waals surface area contributed by atoms with Gasteiger partial charge in [-0.2, -0.15) is 0 Å². The van der Waals surface area contributed by atoms with Crippen molar-refractivity contribution in [2.75, 3.05) is 0 Å². The van der Waals surface area contributed by atoms with Crippen molar-refractivity contribution in [2.24, 2.45) is 0 Å². The van der Waals surface area contributed by atoms with E-state index in [2.05, 4.69) is 22.9 Å². The number of hydrogen-bond donors (Lipinski definition) is 0. The third-order valence-corrected chi connectivity index (χ3v) is 3.69. The van der Waals surface area contributed by atoms with E-state index in [-0.39, 0.29) is 0 Å². The van der Waals surface area contributed by atoms with Gasteiger partial charge in [-0.1, -0.05) is 6.92 Å². The number of hydrogen-bond acceptors (Lipinski definition) is 2. The summed E-state index contributed by atoms with van der Waals surface area (Å²) in [6.07, 6.45) is 2.52. The van der Waals surface area contributed by atoms with Gasteiger partial charge in [-0.25, -0.2) is 0 Å². The minimum absolute atomic E-state index is 0.545. The van der Waals surface area contributed by atoms with E-state index < -0.39 is 0 Å². The maximum Gasteiger partial charge on any atom is 0.125 e. The third kappa shape index (κ3) is 2.14. The van der Waals surface area contributed by atoms with E-state index in [0.29, 0.717) is 6.42 Å². The summed E-state index contributed by atoms with van der Waals surface area (Å²) in [4.78, 5) is 12.6. The number of aryl methyl sites for hydroxylation is 1. The molecular formula is C8H9BrOS. The molecule has 0 aliphatic heterocycles. The van der Waals surface area contributed by atoms with Crippen molar-refractivity contribution >= 4 is 33.6 Å². The van der Waals surface area contributed by atoms with Crippen LogP contribution in [0.15, 0.2) is 10.5 Å². The molecular weight excluding hydrogens is 224 g/mol. The van der Waals surface area contributed by atoms with Crippen LogP contribution in [0.3, 0.4) is 0 Å². The molecule has 0 aliphatic rings. The lowest BCUT2D eigenvalue weighted by molar-refractivity contribution is -0.107. The molecule has 1 rings (SSSR count). The molecule has 11 heavy (non-hydrogen) atoms. The highest BCUT2D eigenvalue weighted by Gasteiger charge is 2.03. The van der Waals surface area contributed by atoms with Gasteiger partial charge in [0, 0.05) is 20.6 Å². The molecule has 1 aromatic heterocycles. The van der Waals surface area contributed by atoms with Gasteiger partial charge >= 0.3 is 0 Å². The molecule has 1 aromatic rings. The SMILES string of the molecule is CCc1sc(CC=O)cc1Br. The minimum Gasteiger partial charge on any atom is -0.303 e. The number of aldehydes is 1. The average Bonchev–Trinajstić information content (AvgIpc) is 2.32. The van der Waals surface area contributed by atoms with Gasteiger partial charge < -0.3 is 4.79 Å². The first-order chi connectivity index (χ1) is 5.27. The largest absolute Gasteiger partial charge is 0.303 e. The van der Waals surface area contributed by atoms with Gasteiger partial charge in [-0.3, -0.25) is 0 Å². The number of carbonyl (C=O) groups is 1. The molecule has 0 aromatic carbocycles. The van der Waals surface area contributed by atoms with Crippen molar-refractivity contribution in [3.8, 4) is 0 Å². The standard InChI is InChI=1S/C8H9BrOS/c1-2-8-7(9)5-6(11-8)3-4-10/h4-5H,2-3H2,1H3.